The molecule has 0 bridgehead atoms. The maximum Gasteiger partial charge on any atom is 0.234 e. The lowest BCUT2D eigenvalue weighted by Crippen LogP contribution is -2.28. The largest absolute Gasteiger partial charge is 0.477 e. The predicted octanol–water partition coefficient (Wildman–Crippen LogP) is 1.05. The highest BCUT2D eigenvalue weighted by Crippen LogP contribution is 2.27. The Morgan fingerprint density at radius 2 is 2.35 bits per heavy atom. The van der Waals surface area contributed by atoms with Crippen molar-refractivity contribution in [1.82, 2.24) is 9.97 Å². The monoisotopic (exact) mass is 236 g/mol. The molecule has 2 unspecified atom stereocenters. The third-order valence-corrected chi connectivity index (χ3v) is 3.18. The van der Waals surface area contributed by atoms with Crippen molar-refractivity contribution in [3.8, 4) is 5.88 Å². The molecular weight excluding hydrogens is 216 g/mol. The summed E-state index contributed by atoms with van der Waals surface area (Å²) >= 11 is 0. The molecule has 1 aromatic rings. The van der Waals surface area contributed by atoms with Crippen LogP contribution < -0.4 is 15.4 Å². The molecule has 2 N–H and O–H groups in total. The number of rotatable bonds is 4. The highest BCUT2D eigenvalue weighted by Gasteiger charge is 2.29. The minimum atomic E-state index is 0.467. The Labute approximate surface area is 102 Å². The first-order valence-electron chi connectivity index (χ1n) is 6.16. The summed E-state index contributed by atoms with van der Waals surface area (Å²) in [4.78, 5) is 10.9. The molecule has 2 rings (SSSR count). The number of hydrogen-bond donors (Lipinski definition) is 1. The van der Waals surface area contributed by atoms with Gasteiger partial charge in [-0.15, -0.1) is 0 Å². The Balaban J connectivity index is 2.13. The second-order valence-electron chi connectivity index (χ2n) is 4.49. The van der Waals surface area contributed by atoms with Gasteiger partial charge < -0.3 is 15.4 Å². The molecule has 0 aromatic carbocycles. The Kier molecular flexibility index (Phi) is 3.78. The Hall–Kier alpha value is -1.36. The van der Waals surface area contributed by atoms with Gasteiger partial charge in [0.15, 0.2) is 5.82 Å². The van der Waals surface area contributed by atoms with Crippen molar-refractivity contribution in [2.24, 2.45) is 11.7 Å². The van der Waals surface area contributed by atoms with E-state index in [-0.39, 0.29) is 0 Å². The summed E-state index contributed by atoms with van der Waals surface area (Å²) in [5, 5.41) is 0. The zero-order valence-electron chi connectivity index (χ0n) is 10.5. The molecule has 1 aromatic heterocycles. The Morgan fingerprint density at radius 3 is 3.00 bits per heavy atom. The molecule has 1 fully saturated rings. The van der Waals surface area contributed by atoms with Crippen LogP contribution in [0.4, 0.5) is 5.82 Å². The van der Waals surface area contributed by atoms with Crippen molar-refractivity contribution in [2.75, 3.05) is 24.6 Å². The fourth-order valence-electron chi connectivity index (χ4n) is 2.33. The van der Waals surface area contributed by atoms with Gasteiger partial charge in [0.25, 0.3) is 0 Å². The number of hydrogen-bond acceptors (Lipinski definition) is 5. The van der Waals surface area contributed by atoms with E-state index >= 15 is 0 Å². The van der Waals surface area contributed by atoms with Gasteiger partial charge in [0, 0.05) is 12.6 Å². The molecule has 17 heavy (non-hydrogen) atoms. The molecule has 5 heteroatoms. The van der Waals surface area contributed by atoms with Crippen LogP contribution in [-0.4, -0.2) is 35.7 Å². The van der Waals surface area contributed by atoms with Gasteiger partial charge in [-0.1, -0.05) is 0 Å². The highest BCUT2D eigenvalue weighted by molar-refractivity contribution is 5.40. The molecular formula is C12H20N4O. The molecule has 0 amide bonds. The average molecular weight is 236 g/mol. The summed E-state index contributed by atoms with van der Waals surface area (Å²) < 4.78 is 5.37. The van der Waals surface area contributed by atoms with Gasteiger partial charge in [0.05, 0.1) is 19.0 Å². The summed E-state index contributed by atoms with van der Waals surface area (Å²) in [6.45, 7) is 6.45. The van der Waals surface area contributed by atoms with Crippen molar-refractivity contribution >= 4 is 5.82 Å². The molecule has 0 saturated carbocycles. The maximum absolute atomic E-state index is 5.73. The molecule has 94 valence electrons. The molecule has 0 aliphatic carbocycles. The second-order valence-corrected chi connectivity index (χ2v) is 4.49. The van der Waals surface area contributed by atoms with Crippen molar-refractivity contribution in [2.45, 2.75) is 26.3 Å². The van der Waals surface area contributed by atoms with Gasteiger partial charge in [-0.2, -0.15) is 4.98 Å². The quantitative estimate of drug-likeness (QED) is 0.846. The van der Waals surface area contributed by atoms with E-state index in [4.69, 9.17) is 10.5 Å². The maximum atomic E-state index is 5.73. The lowest BCUT2D eigenvalue weighted by Gasteiger charge is -2.22. The van der Waals surface area contributed by atoms with Crippen LogP contribution in [0.5, 0.6) is 5.88 Å². The minimum Gasteiger partial charge on any atom is -0.477 e. The highest BCUT2D eigenvalue weighted by atomic mass is 16.5. The normalized spacial score (nSPS) is 24.1. The summed E-state index contributed by atoms with van der Waals surface area (Å²) in [6, 6.07) is 0.467. The zero-order chi connectivity index (χ0) is 12.3. The van der Waals surface area contributed by atoms with Gasteiger partial charge >= 0.3 is 0 Å². The third-order valence-electron chi connectivity index (χ3n) is 3.18. The molecule has 1 saturated heterocycles. The topological polar surface area (TPSA) is 64.3 Å². The first-order chi connectivity index (χ1) is 8.24. The van der Waals surface area contributed by atoms with E-state index in [1.807, 2.05) is 6.92 Å². The fourth-order valence-corrected chi connectivity index (χ4v) is 2.33. The van der Waals surface area contributed by atoms with E-state index in [9.17, 15) is 0 Å². The first-order valence-corrected chi connectivity index (χ1v) is 6.16. The van der Waals surface area contributed by atoms with Crippen LogP contribution in [0.3, 0.4) is 0 Å². The van der Waals surface area contributed by atoms with E-state index < -0.39 is 0 Å². The molecule has 1 aliphatic rings. The van der Waals surface area contributed by atoms with E-state index in [1.165, 1.54) is 0 Å². The van der Waals surface area contributed by atoms with Crippen molar-refractivity contribution < 1.29 is 4.74 Å². The smallest absolute Gasteiger partial charge is 0.234 e. The zero-order valence-corrected chi connectivity index (χ0v) is 10.5. The number of aromatic nitrogens is 2. The average Bonchev–Trinajstić information content (AvgIpc) is 2.71. The summed E-state index contributed by atoms with van der Waals surface area (Å²) in [5.41, 5.74) is 5.73. The predicted molar refractivity (Wildman–Crippen MR) is 67.2 cm³/mol. The number of nitrogens with two attached hydrogens (primary N) is 1. The summed E-state index contributed by atoms with van der Waals surface area (Å²) in [5.74, 6) is 2.04. The van der Waals surface area contributed by atoms with Crippen molar-refractivity contribution in [1.29, 1.82) is 0 Å². The van der Waals surface area contributed by atoms with Gasteiger partial charge in [-0.25, -0.2) is 0 Å². The van der Waals surface area contributed by atoms with Crippen LogP contribution in [-0.2, 0) is 0 Å². The van der Waals surface area contributed by atoms with Crippen LogP contribution in [0.15, 0.2) is 12.4 Å². The standard InChI is InChI=1S/C12H20N4O/c1-3-17-12-7-14-6-11(15-12)16-8-10(5-13)4-9(16)2/h6-7,9-10H,3-5,8,13H2,1-2H3. The van der Waals surface area contributed by atoms with Crippen LogP contribution in [0.25, 0.3) is 0 Å². The van der Waals surface area contributed by atoms with Gasteiger partial charge in [-0.3, -0.25) is 4.98 Å². The molecule has 0 radical (unpaired) electrons. The lowest BCUT2D eigenvalue weighted by molar-refractivity contribution is 0.325. The second kappa shape index (κ2) is 5.31. The number of nitrogens with zero attached hydrogens (tertiary/aromatic N) is 3. The van der Waals surface area contributed by atoms with Crippen molar-refractivity contribution in [3.63, 3.8) is 0 Å². The molecule has 2 atom stereocenters. The van der Waals surface area contributed by atoms with Crippen molar-refractivity contribution in [3.05, 3.63) is 12.4 Å². The first kappa shape index (κ1) is 12.1. The van der Waals surface area contributed by atoms with Crippen LogP contribution in [0, 0.1) is 5.92 Å². The van der Waals surface area contributed by atoms with Crippen LogP contribution in [0.1, 0.15) is 20.3 Å². The molecule has 2 heterocycles. The Bertz CT molecular complexity index is 371. The number of ether oxygens (including phenoxy) is 1. The Morgan fingerprint density at radius 1 is 1.53 bits per heavy atom. The van der Waals surface area contributed by atoms with Gasteiger partial charge in [-0.05, 0) is 32.7 Å². The van der Waals surface area contributed by atoms with E-state index in [0.717, 1.165) is 25.3 Å². The number of anilines is 1. The van der Waals surface area contributed by atoms with E-state index in [1.54, 1.807) is 12.4 Å². The molecule has 1 aliphatic heterocycles. The van der Waals surface area contributed by atoms with Crippen LogP contribution >= 0.6 is 0 Å². The SMILES string of the molecule is CCOc1cncc(N2CC(CN)CC2C)n1. The van der Waals surface area contributed by atoms with E-state index in [2.05, 4.69) is 21.8 Å². The fraction of sp³-hybridized carbons (Fsp3) is 0.667. The molecule has 0 spiro atoms. The summed E-state index contributed by atoms with van der Waals surface area (Å²) in [7, 11) is 0. The minimum absolute atomic E-state index is 0.467. The third kappa shape index (κ3) is 2.66. The summed E-state index contributed by atoms with van der Waals surface area (Å²) in [6.07, 6.45) is 4.56. The van der Waals surface area contributed by atoms with Gasteiger partial charge in [0.1, 0.15) is 0 Å². The molecule has 5 nitrogen and oxygen atoms in total. The van der Waals surface area contributed by atoms with E-state index in [0.29, 0.717) is 24.4 Å². The van der Waals surface area contributed by atoms with Crippen LogP contribution in [0.2, 0.25) is 0 Å². The lowest BCUT2D eigenvalue weighted by atomic mass is 10.1. The van der Waals surface area contributed by atoms with Gasteiger partial charge in [0.2, 0.25) is 5.88 Å².